The quantitative estimate of drug-likeness (QED) is 0.849. The van der Waals surface area contributed by atoms with Crippen molar-refractivity contribution in [2.45, 2.75) is 57.1 Å². The highest BCUT2D eigenvalue weighted by atomic mass is 35.5. The Hall–Kier alpha value is -0.220. The van der Waals surface area contributed by atoms with Gasteiger partial charge in [0, 0.05) is 21.8 Å². The van der Waals surface area contributed by atoms with E-state index in [-0.39, 0.29) is 10.2 Å². The van der Waals surface area contributed by atoms with Crippen LogP contribution >= 0.6 is 11.6 Å². The number of rotatable bonds is 4. The van der Waals surface area contributed by atoms with Gasteiger partial charge in [0.25, 0.3) is 0 Å². The zero-order valence-electron chi connectivity index (χ0n) is 12.8. The standard InChI is InChI=1S/C16H24ClNOS/c1-12-10-13(6-7-14(12)17)16(8-5-9-16)11-18-20(19)15(2,3)4/h6-7,10,18H,5,8-9,11H2,1-4H3/t20-/m0/s1. The van der Waals surface area contributed by atoms with E-state index in [4.69, 9.17) is 11.6 Å². The minimum atomic E-state index is -1.01. The average molecular weight is 314 g/mol. The first kappa shape index (κ1) is 16.2. The SMILES string of the molecule is Cc1cc(C2(CN[S@@+]([O-])C(C)(C)C)CCC2)ccc1Cl. The highest BCUT2D eigenvalue weighted by Crippen LogP contribution is 2.44. The molecule has 1 saturated carbocycles. The van der Waals surface area contributed by atoms with Crippen molar-refractivity contribution in [1.29, 1.82) is 0 Å². The van der Waals surface area contributed by atoms with Gasteiger partial charge in [-0.25, -0.2) is 0 Å². The molecule has 112 valence electrons. The number of nitrogens with one attached hydrogen (secondary N) is 1. The van der Waals surface area contributed by atoms with E-state index in [9.17, 15) is 4.55 Å². The fourth-order valence-electron chi connectivity index (χ4n) is 2.57. The predicted molar refractivity (Wildman–Crippen MR) is 87.6 cm³/mol. The Morgan fingerprint density at radius 1 is 1.35 bits per heavy atom. The number of hydrogen-bond acceptors (Lipinski definition) is 2. The molecule has 1 N–H and O–H groups in total. The van der Waals surface area contributed by atoms with Crippen molar-refractivity contribution in [3.8, 4) is 0 Å². The first-order chi connectivity index (χ1) is 9.24. The molecule has 0 aromatic heterocycles. The smallest absolute Gasteiger partial charge is 0.136 e. The molecule has 2 rings (SSSR count). The van der Waals surface area contributed by atoms with Crippen molar-refractivity contribution in [2.24, 2.45) is 0 Å². The number of hydrogen-bond donors (Lipinski definition) is 1. The minimum Gasteiger partial charge on any atom is -0.598 e. The van der Waals surface area contributed by atoms with E-state index in [1.165, 1.54) is 12.0 Å². The lowest BCUT2D eigenvalue weighted by molar-refractivity contribution is 0.245. The predicted octanol–water partition coefficient (Wildman–Crippen LogP) is 4.12. The summed E-state index contributed by atoms with van der Waals surface area (Å²) in [6, 6.07) is 6.28. The molecule has 1 aromatic rings. The molecule has 1 fully saturated rings. The van der Waals surface area contributed by atoms with E-state index >= 15 is 0 Å². The van der Waals surface area contributed by atoms with E-state index in [0.29, 0.717) is 0 Å². The lowest BCUT2D eigenvalue weighted by atomic mass is 9.64. The molecule has 0 heterocycles. The summed E-state index contributed by atoms with van der Waals surface area (Å²) < 4.78 is 15.2. The monoisotopic (exact) mass is 313 g/mol. The Bertz CT molecular complexity index is 480. The fourth-order valence-corrected chi connectivity index (χ4v) is 3.52. The van der Waals surface area contributed by atoms with Gasteiger partial charge >= 0.3 is 0 Å². The molecule has 0 saturated heterocycles. The Morgan fingerprint density at radius 3 is 2.45 bits per heavy atom. The van der Waals surface area contributed by atoms with Gasteiger partial charge in [-0.2, -0.15) is 0 Å². The van der Waals surface area contributed by atoms with Crippen molar-refractivity contribution in [3.63, 3.8) is 0 Å². The second kappa shape index (κ2) is 5.88. The molecule has 0 aliphatic heterocycles. The summed E-state index contributed by atoms with van der Waals surface area (Å²) in [7, 11) is 0. The highest BCUT2D eigenvalue weighted by molar-refractivity contribution is 7.90. The topological polar surface area (TPSA) is 35.1 Å². The highest BCUT2D eigenvalue weighted by Gasteiger charge is 2.41. The molecule has 0 unspecified atom stereocenters. The second-order valence-electron chi connectivity index (χ2n) is 6.80. The first-order valence-electron chi connectivity index (χ1n) is 7.17. The van der Waals surface area contributed by atoms with Crippen LogP contribution in [-0.4, -0.2) is 15.8 Å². The third-order valence-corrected chi connectivity index (χ3v) is 6.12. The van der Waals surface area contributed by atoms with Crippen molar-refractivity contribution in [1.82, 2.24) is 4.72 Å². The normalized spacial score (nSPS) is 19.5. The van der Waals surface area contributed by atoms with Crippen LogP contribution in [0.25, 0.3) is 0 Å². The van der Waals surface area contributed by atoms with E-state index < -0.39 is 11.4 Å². The van der Waals surface area contributed by atoms with Crippen molar-refractivity contribution in [3.05, 3.63) is 34.3 Å². The van der Waals surface area contributed by atoms with Crippen molar-refractivity contribution < 1.29 is 4.55 Å². The molecule has 20 heavy (non-hydrogen) atoms. The van der Waals surface area contributed by atoms with E-state index in [1.54, 1.807) is 0 Å². The van der Waals surface area contributed by atoms with Crippen LogP contribution in [-0.2, 0) is 16.8 Å². The summed E-state index contributed by atoms with van der Waals surface area (Å²) in [6.07, 6.45) is 3.55. The molecular formula is C16H24ClNOS. The van der Waals surface area contributed by atoms with Gasteiger partial charge in [0.2, 0.25) is 0 Å². The summed E-state index contributed by atoms with van der Waals surface area (Å²) in [5.74, 6) is 0. The molecular weight excluding hydrogens is 290 g/mol. The fraction of sp³-hybridized carbons (Fsp3) is 0.625. The van der Waals surface area contributed by atoms with Crippen LogP contribution in [0.15, 0.2) is 18.2 Å². The Morgan fingerprint density at radius 2 is 2.00 bits per heavy atom. The van der Waals surface area contributed by atoms with Gasteiger partial charge in [-0.1, -0.05) is 30.2 Å². The Labute approximate surface area is 130 Å². The van der Waals surface area contributed by atoms with Crippen LogP contribution in [0.1, 0.15) is 51.2 Å². The average Bonchev–Trinajstić information content (AvgIpc) is 2.30. The van der Waals surface area contributed by atoms with Gasteiger partial charge in [-0.15, -0.1) is 4.72 Å². The van der Waals surface area contributed by atoms with Crippen molar-refractivity contribution >= 4 is 23.0 Å². The summed E-state index contributed by atoms with van der Waals surface area (Å²) in [6.45, 7) is 8.80. The van der Waals surface area contributed by atoms with Crippen LogP contribution in [0, 0.1) is 6.92 Å². The van der Waals surface area contributed by atoms with E-state index in [1.807, 2.05) is 33.8 Å². The lowest BCUT2D eigenvalue weighted by Gasteiger charge is -2.43. The van der Waals surface area contributed by atoms with Crippen LogP contribution in [0.3, 0.4) is 0 Å². The van der Waals surface area contributed by atoms with Crippen LogP contribution in [0.2, 0.25) is 5.02 Å². The van der Waals surface area contributed by atoms with Gasteiger partial charge in [-0.05, 0) is 57.7 Å². The molecule has 1 aliphatic rings. The minimum absolute atomic E-state index is 0.135. The molecule has 2 nitrogen and oxygen atoms in total. The zero-order valence-corrected chi connectivity index (χ0v) is 14.3. The molecule has 0 amide bonds. The van der Waals surface area contributed by atoms with Crippen molar-refractivity contribution in [2.75, 3.05) is 6.54 Å². The maximum Gasteiger partial charge on any atom is 0.136 e. The largest absolute Gasteiger partial charge is 0.598 e. The van der Waals surface area contributed by atoms with E-state index in [2.05, 4.69) is 16.9 Å². The van der Waals surface area contributed by atoms with Gasteiger partial charge in [0.1, 0.15) is 4.75 Å². The number of aryl methyl sites for hydroxylation is 1. The molecule has 0 radical (unpaired) electrons. The summed E-state index contributed by atoms with van der Waals surface area (Å²) in [4.78, 5) is 0. The molecule has 1 aromatic carbocycles. The van der Waals surface area contributed by atoms with Gasteiger partial charge < -0.3 is 4.55 Å². The maximum absolute atomic E-state index is 12.2. The number of benzene rings is 1. The first-order valence-corrected chi connectivity index (χ1v) is 8.69. The van der Waals surface area contributed by atoms with Crippen LogP contribution in [0.4, 0.5) is 0 Å². The second-order valence-corrected chi connectivity index (χ2v) is 9.26. The molecule has 1 aliphatic carbocycles. The lowest BCUT2D eigenvalue weighted by Crippen LogP contribution is -2.49. The summed E-state index contributed by atoms with van der Waals surface area (Å²) >= 11 is 5.10. The third-order valence-electron chi connectivity index (χ3n) is 4.18. The summed E-state index contributed by atoms with van der Waals surface area (Å²) in [5.41, 5.74) is 2.58. The molecule has 0 spiro atoms. The molecule has 4 heteroatoms. The zero-order chi connectivity index (χ0) is 15.0. The third kappa shape index (κ3) is 3.33. The van der Waals surface area contributed by atoms with Gasteiger partial charge in [0.15, 0.2) is 0 Å². The van der Waals surface area contributed by atoms with Crippen LogP contribution in [0.5, 0.6) is 0 Å². The maximum atomic E-state index is 12.2. The Kier molecular flexibility index (Phi) is 4.75. The van der Waals surface area contributed by atoms with Crippen LogP contribution < -0.4 is 4.72 Å². The van der Waals surface area contributed by atoms with Gasteiger partial charge in [-0.3, -0.25) is 0 Å². The van der Waals surface area contributed by atoms with E-state index in [0.717, 1.165) is 30.0 Å². The van der Waals surface area contributed by atoms with Gasteiger partial charge in [0.05, 0.1) is 6.54 Å². The summed E-state index contributed by atoms with van der Waals surface area (Å²) in [5, 5.41) is 0.814. The Balaban J connectivity index is 2.12. The number of halogens is 1. The molecule has 1 atom stereocenters. The molecule has 0 bridgehead atoms.